The summed E-state index contributed by atoms with van der Waals surface area (Å²) in [6.07, 6.45) is 1.40. The monoisotopic (exact) mass is 557 g/mol. The summed E-state index contributed by atoms with van der Waals surface area (Å²) in [7, 11) is 0. The van der Waals surface area contributed by atoms with Gasteiger partial charge in [-0.05, 0) is 66.3 Å². The number of fused-ring (bicyclic) bond motifs is 2. The highest BCUT2D eigenvalue weighted by Gasteiger charge is 2.59. The molecule has 0 spiro atoms. The molecule has 0 radical (unpaired) electrons. The molecule has 2 amide bonds. The summed E-state index contributed by atoms with van der Waals surface area (Å²) in [5.74, 6) is -1.21. The van der Waals surface area contributed by atoms with E-state index in [1.54, 1.807) is 11.3 Å². The van der Waals surface area contributed by atoms with Crippen molar-refractivity contribution in [1.82, 2.24) is 10.3 Å². The van der Waals surface area contributed by atoms with E-state index in [0.717, 1.165) is 15.4 Å². The average Bonchev–Trinajstić information content (AvgIpc) is 3.56. The Labute approximate surface area is 229 Å². The Balaban J connectivity index is 1.45. The predicted octanol–water partition coefficient (Wildman–Crippen LogP) is 4.72. The van der Waals surface area contributed by atoms with Crippen molar-refractivity contribution in [2.75, 3.05) is 11.9 Å². The number of thiophene rings is 1. The van der Waals surface area contributed by atoms with Gasteiger partial charge in [-0.3, -0.25) is 14.9 Å². The average molecular weight is 558 g/mol. The van der Waals surface area contributed by atoms with E-state index in [4.69, 9.17) is 4.98 Å². The van der Waals surface area contributed by atoms with Crippen molar-refractivity contribution in [3.05, 3.63) is 68.6 Å². The second kappa shape index (κ2) is 10.5. The van der Waals surface area contributed by atoms with Gasteiger partial charge < -0.3 is 15.5 Å². The Morgan fingerprint density at radius 1 is 1.21 bits per heavy atom. The molecule has 0 aliphatic heterocycles. The van der Waals surface area contributed by atoms with Gasteiger partial charge in [-0.25, -0.2) is 9.37 Å². The summed E-state index contributed by atoms with van der Waals surface area (Å²) >= 11 is 2.95. The minimum absolute atomic E-state index is 0.0764. The standard InChI is InChI=1S/C28H32FN3O4S2/c1-27-10-9-22(34)28(2,15-33)21(27)13-20-24(19(27)12-23(35)30-14-18-4-3-11-37-18)31-26(38-20)32-25(36)16-5-7-17(29)8-6-16/h3-8,11,19,21-22,33-34H,9-10,12-15H2,1-2H3,(H,30,35)(H,31,32,36). The van der Waals surface area contributed by atoms with Crippen LogP contribution in [0.5, 0.6) is 0 Å². The summed E-state index contributed by atoms with van der Waals surface area (Å²) in [6.45, 7) is 4.37. The van der Waals surface area contributed by atoms with Crippen LogP contribution in [0, 0.1) is 22.6 Å². The molecule has 5 rings (SSSR count). The third-order valence-electron chi connectivity index (χ3n) is 8.65. The topological polar surface area (TPSA) is 112 Å². The molecule has 5 atom stereocenters. The lowest BCUT2D eigenvalue weighted by atomic mass is 9.47. The van der Waals surface area contributed by atoms with Crippen LogP contribution in [-0.4, -0.2) is 39.7 Å². The van der Waals surface area contributed by atoms with E-state index in [2.05, 4.69) is 17.6 Å². The van der Waals surface area contributed by atoms with Crippen LogP contribution >= 0.6 is 22.7 Å². The van der Waals surface area contributed by atoms with Gasteiger partial charge in [-0.15, -0.1) is 22.7 Å². The molecule has 1 fully saturated rings. The molecular weight excluding hydrogens is 525 g/mol. The van der Waals surface area contributed by atoms with Gasteiger partial charge in [0, 0.05) is 33.1 Å². The van der Waals surface area contributed by atoms with Crippen molar-refractivity contribution in [2.45, 2.75) is 58.1 Å². The van der Waals surface area contributed by atoms with E-state index < -0.39 is 17.3 Å². The van der Waals surface area contributed by atoms with Gasteiger partial charge in [0.25, 0.3) is 5.91 Å². The summed E-state index contributed by atoms with van der Waals surface area (Å²) in [5, 5.41) is 29.6. The number of amides is 2. The number of anilines is 1. The van der Waals surface area contributed by atoms with Crippen molar-refractivity contribution in [3.8, 4) is 0 Å². The molecule has 2 aliphatic carbocycles. The Kier molecular flexibility index (Phi) is 7.43. The molecule has 0 saturated heterocycles. The quantitative estimate of drug-likeness (QED) is 0.336. The van der Waals surface area contributed by atoms with Gasteiger partial charge in [0.05, 0.1) is 24.9 Å². The number of carbonyl (C=O) groups excluding carboxylic acids is 2. The number of halogens is 1. The van der Waals surface area contributed by atoms with E-state index >= 15 is 0 Å². The highest BCUT2D eigenvalue weighted by molar-refractivity contribution is 7.16. The van der Waals surface area contributed by atoms with Gasteiger partial charge in [-0.2, -0.15) is 0 Å². The Morgan fingerprint density at radius 2 is 1.97 bits per heavy atom. The zero-order valence-corrected chi connectivity index (χ0v) is 23.0. The first-order valence-electron chi connectivity index (χ1n) is 12.8. The van der Waals surface area contributed by atoms with Crippen molar-refractivity contribution < 1.29 is 24.2 Å². The van der Waals surface area contributed by atoms with Gasteiger partial charge >= 0.3 is 0 Å². The number of nitrogens with one attached hydrogen (secondary N) is 2. The van der Waals surface area contributed by atoms with Crippen LogP contribution < -0.4 is 10.6 Å². The number of thiazole rings is 1. The number of aliphatic hydroxyl groups is 2. The van der Waals surface area contributed by atoms with Crippen molar-refractivity contribution in [3.63, 3.8) is 0 Å². The maximum Gasteiger partial charge on any atom is 0.257 e. The van der Waals surface area contributed by atoms with Gasteiger partial charge in [0.2, 0.25) is 5.91 Å². The van der Waals surface area contributed by atoms with Crippen molar-refractivity contribution in [2.24, 2.45) is 16.7 Å². The summed E-state index contributed by atoms with van der Waals surface area (Å²) in [4.78, 5) is 32.8. The second-order valence-electron chi connectivity index (χ2n) is 10.9. The molecule has 2 aliphatic rings. The Hall–Kier alpha value is -2.66. The summed E-state index contributed by atoms with van der Waals surface area (Å²) < 4.78 is 13.3. The first-order valence-corrected chi connectivity index (χ1v) is 14.5. The van der Waals surface area contributed by atoms with E-state index in [-0.39, 0.29) is 42.1 Å². The molecule has 0 bridgehead atoms. The van der Waals surface area contributed by atoms with E-state index in [0.29, 0.717) is 36.5 Å². The minimum Gasteiger partial charge on any atom is -0.396 e. The molecule has 3 aromatic rings. The number of aromatic nitrogens is 1. The van der Waals surface area contributed by atoms with E-state index in [1.165, 1.54) is 35.6 Å². The fourth-order valence-corrected chi connectivity index (χ4v) is 8.03. The number of benzene rings is 1. The zero-order valence-electron chi connectivity index (χ0n) is 21.4. The van der Waals surface area contributed by atoms with Gasteiger partial charge in [-0.1, -0.05) is 19.9 Å². The van der Waals surface area contributed by atoms with Crippen LogP contribution in [0.1, 0.15) is 64.8 Å². The van der Waals surface area contributed by atoms with Crippen LogP contribution in [0.25, 0.3) is 0 Å². The minimum atomic E-state index is -0.724. The Morgan fingerprint density at radius 3 is 2.66 bits per heavy atom. The maximum atomic E-state index is 13.3. The zero-order chi connectivity index (χ0) is 27.1. The SMILES string of the molecule is CC1(CO)C(O)CCC2(C)C(CC(=O)NCc3cccs3)c3nc(NC(=O)c4ccc(F)cc4)sc3CC12. The molecule has 5 unspecified atom stereocenters. The third kappa shape index (κ3) is 4.90. The fraction of sp³-hybridized carbons (Fsp3) is 0.464. The number of nitrogens with zero attached hydrogens (tertiary/aromatic N) is 1. The molecule has 2 heterocycles. The van der Waals surface area contributed by atoms with Crippen LogP contribution in [-0.2, 0) is 17.8 Å². The number of hydrogen-bond acceptors (Lipinski definition) is 7. The third-order valence-corrected chi connectivity index (χ3v) is 10.5. The fourth-order valence-electron chi connectivity index (χ4n) is 6.33. The lowest BCUT2D eigenvalue weighted by molar-refractivity contribution is -0.144. The van der Waals surface area contributed by atoms with Crippen LogP contribution in [0.4, 0.5) is 9.52 Å². The van der Waals surface area contributed by atoms with E-state index in [1.807, 2.05) is 24.4 Å². The highest BCUT2D eigenvalue weighted by atomic mass is 32.1. The number of rotatable bonds is 7. The largest absolute Gasteiger partial charge is 0.396 e. The first kappa shape index (κ1) is 26.9. The normalized spacial score (nSPS) is 28.3. The molecule has 1 saturated carbocycles. The smallest absolute Gasteiger partial charge is 0.257 e. The van der Waals surface area contributed by atoms with Crippen LogP contribution in [0.15, 0.2) is 41.8 Å². The van der Waals surface area contributed by atoms with Crippen LogP contribution in [0.2, 0.25) is 0 Å². The molecule has 202 valence electrons. The molecule has 38 heavy (non-hydrogen) atoms. The molecule has 2 aromatic heterocycles. The molecule has 4 N–H and O–H groups in total. The summed E-state index contributed by atoms with van der Waals surface area (Å²) in [6, 6.07) is 9.24. The van der Waals surface area contributed by atoms with Gasteiger partial charge in [0.1, 0.15) is 5.82 Å². The van der Waals surface area contributed by atoms with Crippen LogP contribution in [0.3, 0.4) is 0 Å². The molecule has 7 nitrogen and oxygen atoms in total. The van der Waals surface area contributed by atoms with Crippen molar-refractivity contribution in [1.29, 1.82) is 0 Å². The number of carbonyl (C=O) groups is 2. The van der Waals surface area contributed by atoms with Crippen molar-refractivity contribution >= 4 is 39.6 Å². The Bertz CT molecular complexity index is 1310. The van der Waals surface area contributed by atoms with Gasteiger partial charge in [0.15, 0.2) is 5.13 Å². The lowest BCUT2D eigenvalue weighted by Gasteiger charge is -2.58. The lowest BCUT2D eigenvalue weighted by Crippen LogP contribution is -2.57. The maximum absolute atomic E-state index is 13.3. The first-order chi connectivity index (χ1) is 18.1. The predicted molar refractivity (Wildman–Crippen MR) is 146 cm³/mol. The number of aliphatic hydroxyl groups excluding tert-OH is 2. The van der Waals surface area contributed by atoms with E-state index in [9.17, 15) is 24.2 Å². The second-order valence-corrected chi connectivity index (χ2v) is 13.0. The number of hydrogen-bond donors (Lipinski definition) is 4. The molecule has 10 heteroatoms. The molecular formula is C28H32FN3O4S2. The highest BCUT2D eigenvalue weighted by Crippen LogP contribution is 2.62. The molecule has 1 aromatic carbocycles. The summed E-state index contributed by atoms with van der Waals surface area (Å²) in [5.41, 5.74) is 0.0144.